The zero-order valence-electron chi connectivity index (χ0n) is 14.7. The average molecular weight is 362 g/mol. The third-order valence-electron chi connectivity index (χ3n) is 4.45. The van der Waals surface area contributed by atoms with Gasteiger partial charge in [0.2, 0.25) is 5.91 Å². The van der Waals surface area contributed by atoms with Crippen molar-refractivity contribution in [2.75, 3.05) is 17.7 Å². The van der Waals surface area contributed by atoms with Gasteiger partial charge in [-0.15, -0.1) is 0 Å². The van der Waals surface area contributed by atoms with Gasteiger partial charge in [-0.2, -0.15) is 5.10 Å². The van der Waals surface area contributed by atoms with Gasteiger partial charge in [0, 0.05) is 11.3 Å². The lowest BCUT2D eigenvalue weighted by Crippen LogP contribution is -2.23. The summed E-state index contributed by atoms with van der Waals surface area (Å²) in [6.45, 7) is 0. The second-order valence-corrected chi connectivity index (χ2v) is 6.21. The Hall–Kier alpha value is -3.61. The van der Waals surface area contributed by atoms with Crippen molar-refractivity contribution in [1.29, 1.82) is 0 Å². The molecule has 136 valence electrons. The molecule has 1 aromatic heterocycles. The SMILES string of the molecule is COc1cccc(-c2cnn3c2NC(=O)C3CC(=O)Nc2ccccc2)c1. The Morgan fingerprint density at radius 3 is 2.81 bits per heavy atom. The Labute approximate surface area is 156 Å². The van der Waals surface area contributed by atoms with Crippen molar-refractivity contribution in [3.8, 4) is 16.9 Å². The van der Waals surface area contributed by atoms with Crippen LogP contribution in [0.15, 0.2) is 60.8 Å². The van der Waals surface area contributed by atoms with E-state index in [9.17, 15) is 9.59 Å². The fraction of sp³-hybridized carbons (Fsp3) is 0.150. The minimum Gasteiger partial charge on any atom is -0.497 e. The summed E-state index contributed by atoms with van der Waals surface area (Å²) in [7, 11) is 1.60. The van der Waals surface area contributed by atoms with E-state index in [1.54, 1.807) is 30.1 Å². The molecule has 1 atom stereocenters. The van der Waals surface area contributed by atoms with Gasteiger partial charge < -0.3 is 15.4 Å². The molecule has 0 fully saturated rings. The van der Waals surface area contributed by atoms with Crippen molar-refractivity contribution < 1.29 is 14.3 Å². The Bertz CT molecular complexity index is 997. The van der Waals surface area contributed by atoms with E-state index in [4.69, 9.17) is 4.74 Å². The Morgan fingerprint density at radius 2 is 2.04 bits per heavy atom. The smallest absolute Gasteiger partial charge is 0.251 e. The predicted molar refractivity (Wildman–Crippen MR) is 102 cm³/mol. The Morgan fingerprint density at radius 1 is 1.22 bits per heavy atom. The molecule has 0 spiro atoms. The number of anilines is 2. The fourth-order valence-corrected chi connectivity index (χ4v) is 3.12. The number of amides is 2. The van der Waals surface area contributed by atoms with Gasteiger partial charge in [-0.05, 0) is 29.8 Å². The van der Waals surface area contributed by atoms with E-state index in [0.717, 1.165) is 16.9 Å². The van der Waals surface area contributed by atoms with Gasteiger partial charge in [-0.25, -0.2) is 4.68 Å². The van der Waals surface area contributed by atoms with Crippen molar-refractivity contribution >= 4 is 23.3 Å². The van der Waals surface area contributed by atoms with Crippen molar-refractivity contribution in [2.24, 2.45) is 0 Å². The highest BCUT2D eigenvalue weighted by Gasteiger charge is 2.35. The quantitative estimate of drug-likeness (QED) is 0.730. The number of benzene rings is 2. The number of nitrogens with zero attached hydrogens (tertiary/aromatic N) is 2. The molecule has 0 saturated carbocycles. The maximum absolute atomic E-state index is 12.4. The largest absolute Gasteiger partial charge is 0.497 e. The molecule has 0 radical (unpaired) electrons. The molecule has 7 heteroatoms. The van der Waals surface area contributed by atoms with Crippen LogP contribution >= 0.6 is 0 Å². The molecule has 0 saturated heterocycles. The molecule has 2 N–H and O–H groups in total. The van der Waals surface area contributed by atoms with E-state index in [0.29, 0.717) is 11.5 Å². The standard InChI is InChI=1S/C20H18N4O3/c1-27-15-9-5-6-13(10-15)16-12-21-24-17(20(26)23-19(16)24)11-18(25)22-14-7-3-2-4-8-14/h2-10,12,17H,11H2,1H3,(H,22,25)(H,23,26). The van der Waals surface area contributed by atoms with Crippen LogP contribution in [0, 0.1) is 0 Å². The summed E-state index contributed by atoms with van der Waals surface area (Å²) in [5.41, 5.74) is 2.36. The summed E-state index contributed by atoms with van der Waals surface area (Å²) in [5.74, 6) is 0.819. The van der Waals surface area contributed by atoms with E-state index in [1.807, 2.05) is 42.5 Å². The molecule has 3 aromatic rings. The number of nitrogens with one attached hydrogen (secondary N) is 2. The van der Waals surface area contributed by atoms with Gasteiger partial charge in [0.25, 0.3) is 5.91 Å². The second kappa shape index (κ2) is 6.95. The monoisotopic (exact) mass is 362 g/mol. The summed E-state index contributed by atoms with van der Waals surface area (Å²) in [4.78, 5) is 24.7. The summed E-state index contributed by atoms with van der Waals surface area (Å²) < 4.78 is 6.83. The van der Waals surface area contributed by atoms with E-state index >= 15 is 0 Å². The number of rotatable bonds is 5. The lowest BCUT2D eigenvalue weighted by Gasteiger charge is -2.09. The van der Waals surface area contributed by atoms with Gasteiger partial charge in [0.1, 0.15) is 17.6 Å². The molecule has 0 bridgehead atoms. The topological polar surface area (TPSA) is 85.2 Å². The second-order valence-electron chi connectivity index (χ2n) is 6.21. The molecule has 2 amide bonds. The van der Waals surface area contributed by atoms with Crippen LogP contribution in [-0.4, -0.2) is 28.7 Å². The highest BCUT2D eigenvalue weighted by atomic mass is 16.5. The van der Waals surface area contributed by atoms with Gasteiger partial charge >= 0.3 is 0 Å². The van der Waals surface area contributed by atoms with E-state index in [2.05, 4.69) is 15.7 Å². The maximum Gasteiger partial charge on any atom is 0.251 e. The third kappa shape index (κ3) is 3.27. The molecule has 0 aliphatic carbocycles. The summed E-state index contributed by atoms with van der Waals surface area (Å²) in [6, 6.07) is 16.0. The summed E-state index contributed by atoms with van der Waals surface area (Å²) >= 11 is 0. The molecular formula is C20H18N4O3. The van der Waals surface area contributed by atoms with Gasteiger partial charge in [-0.3, -0.25) is 9.59 Å². The Balaban J connectivity index is 1.56. The number of carbonyl (C=O) groups excluding carboxylic acids is 2. The number of methoxy groups -OCH3 is 1. The Kier molecular flexibility index (Phi) is 4.33. The number of hydrogen-bond donors (Lipinski definition) is 2. The van der Waals surface area contributed by atoms with Crippen LogP contribution < -0.4 is 15.4 Å². The van der Waals surface area contributed by atoms with Gasteiger partial charge in [-0.1, -0.05) is 30.3 Å². The van der Waals surface area contributed by atoms with E-state index in [1.165, 1.54) is 0 Å². The van der Waals surface area contributed by atoms with Gasteiger partial charge in [0.05, 0.1) is 19.7 Å². The maximum atomic E-state index is 12.4. The zero-order valence-corrected chi connectivity index (χ0v) is 14.7. The predicted octanol–water partition coefficient (Wildman–Crippen LogP) is 3.08. The van der Waals surface area contributed by atoms with Crippen LogP contribution in [0.3, 0.4) is 0 Å². The van der Waals surface area contributed by atoms with Crippen LogP contribution in [0.1, 0.15) is 12.5 Å². The normalized spacial score (nSPS) is 15.1. The molecule has 1 aliphatic heterocycles. The number of fused-ring (bicyclic) bond motifs is 1. The lowest BCUT2D eigenvalue weighted by molar-refractivity contribution is -0.123. The van der Waals surface area contributed by atoms with Crippen molar-refractivity contribution in [3.05, 3.63) is 60.8 Å². The van der Waals surface area contributed by atoms with Crippen molar-refractivity contribution in [1.82, 2.24) is 9.78 Å². The first kappa shape index (κ1) is 16.8. The highest BCUT2D eigenvalue weighted by molar-refractivity contribution is 6.04. The van der Waals surface area contributed by atoms with Crippen LogP contribution in [0.25, 0.3) is 11.1 Å². The van der Waals surface area contributed by atoms with Gasteiger partial charge in [0.15, 0.2) is 0 Å². The van der Waals surface area contributed by atoms with Crippen LogP contribution in [0.4, 0.5) is 11.5 Å². The van der Waals surface area contributed by atoms with E-state index in [-0.39, 0.29) is 18.2 Å². The molecular weight excluding hydrogens is 344 g/mol. The van der Waals surface area contributed by atoms with Crippen LogP contribution in [0.5, 0.6) is 5.75 Å². The molecule has 27 heavy (non-hydrogen) atoms. The van der Waals surface area contributed by atoms with E-state index < -0.39 is 6.04 Å². The minimum absolute atomic E-state index is 0.00690. The molecule has 2 heterocycles. The first-order valence-electron chi connectivity index (χ1n) is 8.53. The van der Waals surface area contributed by atoms with Crippen molar-refractivity contribution in [3.63, 3.8) is 0 Å². The van der Waals surface area contributed by atoms with Crippen LogP contribution in [0.2, 0.25) is 0 Å². The minimum atomic E-state index is -0.678. The number of aromatic nitrogens is 2. The number of carbonyl (C=O) groups is 2. The lowest BCUT2D eigenvalue weighted by atomic mass is 10.1. The third-order valence-corrected chi connectivity index (χ3v) is 4.45. The number of ether oxygens (including phenoxy) is 1. The number of para-hydroxylation sites is 1. The molecule has 1 aliphatic rings. The average Bonchev–Trinajstić information content (AvgIpc) is 3.22. The first-order valence-corrected chi connectivity index (χ1v) is 8.53. The molecule has 2 aromatic carbocycles. The zero-order chi connectivity index (χ0) is 18.8. The molecule has 7 nitrogen and oxygen atoms in total. The summed E-state index contributed by atoms with van der Waals surface area (Å²) in [6.07, 6.45) is 1.69. The molecule has 1 unspecified atom stereocenters. The van der Waals surface area contributed by atoms with Crippen LogP contribution in [-0.2, 0) is 9.59 Å². The molecule has 4 rings (SSSR count). The van der Waals surface area contributed by atoms with Crippen molar-refractivity contribution in [2.45, 2.75) is 12.5 Å². The number of hydrogen-bond acceptors (Lipinski definition) is 4. The highest BCUT2D eigenvalue weighted by Crippen LogP contribution is 2.36. The first-order chi connectivity index (χ1) is 13.2. The summed E-state index contributed by atoms with van der Waals surface area (Å²) in [5, 5.41) is 9.97. The fourth-order valence-electron chi connectivity index (χ4n) is 3.12.